The van der Waals surface area contributed by atoms with Gasteiger partial charge in [0.1, 0.15) is 30.4 Å². The van der Waals surface area contributed by atoms with Gasteiger partial charge in [0.2, 0.25) is 0 Å². The van der Waals surface area contributed by atoms with Crippen LogP contribution in [0.1, 0.15) is 6.23 Å². The van der Waals surface area contributed by atoms with Crippen LogP contribution >= 0.6 is 7.94 Å². The molecule has 0 bridgehead atoms. The van der Waals surface area contributed by atoms with Crippen LogP contribution < -0.4 is 20.4 Å². The minimum atomic E-state index is -4.82. The standard InChI is InChI=1S/C10H14N5O6P/c11-8-6-9(13-2-12-8)15(3-14-6)10-7(16)5(1-20-10)21-4-22(17,18)19/h2-3,5,7,10,16H,1,4H2,(H2,11,12,13)(H2,17,18,19)/p-2/t5-,7+,10+/m0/s1. The number of aromatic nitrogens is 4. The van der Waals surface area contributed by atoms with E-state index in [0.717, 1.165) is 0 Å². The topological polar surface area (TPSA) is 177 Å². The van der Waals surface area contributed by atoms with E-state index in [9.17, 15) is 19.8 Å². The summed E-state index contributed by atoms with van der Waals surface area (Å²) in [5.74, 6) is 0.183. The molecule has 3 rings (SSSR count). The van der Waals surface area contributed by atoms with E-state index in [1.54, 1.807) is 0 Å². The molecular weight excluding hydrogens is 317 g/mol. The highest BCUT2D eigenvalue weighted by Gasteiger charge is 2.39. The minimum Gasteiger partial charge on any atom is -0.686 e. The molecule has 1 aliphatic heterocycles. The Kier molecular flexibility index (Phi) is 3.95. The number of nitrogens with two attached hydrogens (primary N) is 1. The zero-order chi connectivity index (χ0) is 15.9. The molecule has 1 aliphatic rings. The normalized spacial score (nSPS) is 25.9. The Morgan fingerprint density at radius 2 is 2.18 bits per heavy atom. The summed E-state index contributed by atoms with van der Waals surface area (Å²) in [6, 6.07) is 0. The Hall–Kier alpha value is -1.46. The van der Waals surface area contributed by atoms with Crippen molar-refractivity contribution in [2.24, 2.45) is 0 Å². The lowest BCUT2D eigenvalue weighted by atomic mass is 10.2. The second-order valence-corrected chi connectivity index (χ2v) is 6.22. The number of nitrogen functional groups attached to an aromatic ring is 1. The molecule has 0 unspecified atom stereocenters. The Balaban J connectivity index is 1.79. The molecule has 0 amide bonds. The largest absolute Gasteiger partial charge is 0.686 e. The zero-order valence-corrected chi connectivity index (χ0v) is 12.0. The molecular formula is C10H12N5O6P-2. The lowest BCUT2D eigenvalue weighted by molar-refractivity contribution is -0.432. The second kappa shape index (κ2) is 5.63. The highest BCUT2D eigenvalue weighted by Crippen LogP contribution is 2.33. The lowest BCUT2D eigenvalue weighted by Crippen LogP contribution is -2.39. The van der Waals surface area contributed by atoms with Gasteiger partial charge in [0.15, 0.2) is 17.7 Å². The number of rotatable bonds is 4. The summed E-state index contributed by atoms with van der Waals surface area (Å²) in [5, 5.41) is 10.2. The molecule has 3 atom stereocenters. The lowest BCUT2D eigenvalue weighted by Gasteiger charge is -2.41. The highest BCUT2D eigenvalue weighted by atomic mass is 31.2. The molecule has 0 aliphatic carbocycles. The van der Waals surface area contributed by atoms with E-state index in [-0.39, 0.29) is 12.4 Å². The molecule has 0 saturated carbocycles. The monoisotopic (exact) mass is 329 g/mol. The summed E-state index contributed by atoms with van der Waals surface area (Å²) in [7, 11) is -4.82. The molecule has 2 aromatic heterocycles. The fraction of sp³-hybridized carbons (Fsp3) is 0.500. The van der Waals surface area contributed by atoms with Gasteiger partial charge in [-0.15, -0.1) is 7.94 Å². The first kappa shape index (κ1) is 15.4. The molecule has 3 N–H and O–H groups in total. The average molecular weight is 329 g/mol. The fourth-order valence-electron chi connectivity index (χ4n) is 2.21. The van der Waals surface area contributed by atoms with Crippen LogP contribution in [-0.4, -0.2) is 49.8 Å². The maximum Gasteiger partial charge on any atom is 0.167 e. The first-order valence-corrected chi connectivity index (χ1v) is 7.95. The number of aliphatic hydroxyl groups is 1. The van der Waals surface area contributed by atoms with Crippen molar-refractivity contribution in [2.45, 2.75) is 18.4 Å². The number of imidazole rings is 1. The SMILES string of the molecule is Nc1ncnc2c1ncn2[C@@H]1OC[C@H](OC[P+]([O-])([O-])[O-])[C@H]1O. The molecule has 3 heterocycles. The maximum absolute atomic E-state index is 10.6. The summed E-state index contributed by atoms with van der Waals surface area (Å²) in [6.45, 7) is -0.0773. The van der Waals surface area contributed by atoms with Gasteiger partial charge in [0, 0.05) is 0 Å². The van der Waals surface area contributed by atoms with Crippen molar-refractivity contribution in [3.8, 4) is 0 Å². The molecule has 0 radical (unpaired) electrons. The fourth-order valence-corrected chi connectivity index (χ4v) is 2.58. The Bertz CT molecular complexity index is 675. The van der Waals surface area contributed by atoms with E-state index in [1.807, 2.05) is 0 Å². The number of ether oxygens (including phenoxy) is 2. The average Bonchev–Trinajstić information content (AvgIpc) is 3.00. The summed E-state index contributed by atoms with van der Waals surface area (Å²) in [4.78, 5) is 43.7. The maximum atomic E-state index is 10.6. The number of anilines is 1. The Morgan fingerprint density at radius 1 is 1.41 bits per heavy atom. The number of fused-ring (bicyclic) bond motifs is 1. The van der Waals surface area contributed by atoms with Gasteiger partial charge in [-0.2, -0.15) is 0 Å². The van der Waals surface area contributed by atoms with Crippen molar-refractivity contribution >= 4 is 24.9 Å². The molecule has 1 fully saturated rings. The number of hydrogen-bond acceptors (Lipinski definition) is 10. The second-order valence-electron chi connectivity index (χ2n) is 4.74. The highest BCUT2D eigenvalue weighted by molar-refractivity contribution is 7.53. The minimum absolute atomic E-state index is 0.0773. The van der Waals surface area contributed by atoms with Gasteiger partial charge in [-0.25, -0.2) is 15.0 Å². The first-order chi connectivity index (χ1) is 10.4. The van der Waals surface area contributed by atoms with Crippen molar-refractivity contribution in [3.05, 3.63) is 12.7 Å². The smallest absolute Gasteiger partial charge is 0.167 e. The van der Waals surface area contributed by atoms with Gasteiger partial charge >= 0.3 is 0 Å². The number of nitrogens with zero attached hydrogens (tertiary/aromatic N) is 4. The predicted molar refractivity (Wildman–Crippen MR) is 67.4 cm³/mol. The molecule has 1 saturated heterocycles. The van der Waals surface area contributed by atoms with E-state index >= 15 is 0 Å². The van der Waals surface area contributed by atoms with Crippen LogP contribution in [0.3, 0.4) is 0 Å². The summed E-state index contributed by atoms with van der Waals surface area (Å²) in [5.41, 5.74) is 6.38. The van der Waals surface area contributed by atoms with E-state index in [1.165, 1.54) is 17.2 Å². The van der Waals surface area contributed by atoms with Gasteiger partial charge < -0.3 is 35.0 Å². The summed E-state index contributed by atoms with van der Waals surface area (Å²) in [6.07, 6.45) is -1.42. The molecule has 0 spiro atoms. The number of hydrogen-bond donors (Lipinski definition) is 2. The molecule has 22 heavy (non-hydrogen) atoms. The predicted octanol–water partition coefficient (Wildman–Crippen LogP) is -3.52. The van der Waals surface area contributed by atoms with Gasteiger partial charge in [0.05, 0.1) is 12.9 Å². The van der Waals surface area contributed by atoms with Crippen molar-refractivity contribution in [3.63, 3.8) is 0 Å². The molecule has 0 aromatic carbocycles. The van der Waals surface area contributed by atoms with Gasteiger partial charge in [-0.05, 0) is 0 Å². The van der Waals surface area contributed by atoms with Crippen molar-refractivity contribution < 1.29 is 29.3 Å². The molecule has 2 aromatic rings. The van der Waals surface area contributed by atoms with Crippen LogP contribution in [0.15, 0.2) is 12.7 Å². The first-order valence-electron chi connectivity index (χ1n) is 6.22. The van der Waals surface area contributed by atoms with Crippen LogP contribution in [0.5, 0.6) is 0 Å². The third-order valence-electron chi connectivity index (χ3n) is 3.21. The summed E-state index contributed by atoms with van der Waals surface area (Å²) >= 11 is 0. The van der Waals surface area contributed by atoms with Crippen molar-refractivity contribution in [2.75, 3.05) is 18.7 Å². The van der Waals surface area contributed by atoms with Crippen LogP contribution in [-0.2, 0) is 9.47 Å². The van der Waals surface area contributed by atoms with Crippen LogP contribution in [0.25, 0.3) is 11.2 Å². The Labute approximate surface area is 124 Å². The van der Waals surface area contributed by atoms with E-state index in [4.69, 9.17) is 15.2 Å². The Morgan fingerprint density at radius 3 is 2.91 bits per heavy atom. The molecule has 12 heteroatoms. The van der Waals surface area contributed by atoms with E-state index in [2.05, 4.69) is 15.0 Å². The van der Waals surface area contributed by atoms with Crippen LogP contribution in [0.4, 0.5) is 5.82 Å². The molecule has 120 valence electrons. The number of aliphatic hydroxyl groups excluding tert-OH is 1. The third-order valence-corrected chi connectivity index (χ3v) is 3.68. The van der Waals surface area contributed by atoms with Crippen LogP contribution in [0, 0.1) is 0 Å². The van der Waals surface area contributed by atoms with E-state index < -0.39 is 32.7 Å². The zero-order valence-electron chi connectivity index (χ0n) is 11.1. The van der Waals surface area contributed by atoms with Crippen LogP contribution in [0.2, 0.25) is 0 Å². The third kappa shape index (κ3) is 2.88. The van der Waals surface area contributed by atoms with Crippen molar-refractivity contribution in [1.82, 2.24) is 19.5 Å². The van der Waals surface area contributed by atoms with Gasteiger partial charge in [-0.3, -0.25) is 4.57 Å². The van der Waals surface area contributed by atoms with E-state index in [0.29, 0.717) is 11.2 Å². The molecule has 11 nitrogen and oxygen atoms in total. The van der Waals surface area contributed by atoms with Crippen molar-refractivity contribution in [1.29, 1.82) is 0 Å². The van der Waals surface area contributed by atoms with Gasteiger partial charge in [-0.1, -0.05) is 0 Å². The quantitative estimate of drug-likeness (QED) is 0.534. The summed E-state index contributed by atoms with van der Waals surface area (Å²) < 4.78 is 11.7. The van der Waals surface area contributed by atoms with Gasteiger partial charge in [0.25, 0.3) is 0 Å².